The van der Waals surface area contributed by atoms with Crippen LogP contribution in [-0.2, 0) is 33.3 Å². The minimum atomic E-state index is -0.629. The van der Waals surface area contributed by atoms with Crippen molar-refractivity contribution in [1.82, 2.24) is 0 Å². The molecule has 0 saturated carbocycles. The monoisotopic (exact) mass is 338 g/mol. The van der Waals surface area contributed by atoms with E-state index in [2.05, 4.69) is 6.58 Å². The van der Waals surface area contributed by atoms with E-state index < -0.39 is 23.8 Å². The van der Waals surface area contributed by atoms with Gasteiger partial charge in [0.1, 0.15) is 25.9 Å². The summed E-state index contributed by atoms with van der Waals surface area (Å²) in [7, 11) is 0. The Bertz CT molecular complexity index is 533. The third-order valence-corrected chi connectivity index (χ3v) is 3.82. The largest absolute Gasteiger partial charge is 0.462 e. The third kappa shape index (κ3) is 5.49. The second kappa shape index (κ2) is 8.63. The molecule has 1 fully saturated rings. The van der Waals surface area contributed by atoms with E-state index >= 15 is 0 Å². The lowest BCUT2D eigenvalue weighted by Crippen LogP contribution is -2.30. The highest BCUT2D eigenvalue weighted by Crippen LogP contribution is 2.31. The average molecular weight is 338 g/mol. The van der Waals surface area contributed by atoms with E-state index in [0.717, 1.165) is 6.08 Å². The van der Waals surface area contributed by atoms with Crippen molar-refractivity contribution in [2.75, 3.05) is 26.4 Å². The maximum atomic E-state index is 12.2. The Balaban J connectivity index is 1.86. The molecule has 3 unspecified atom stereocenters. The number of esters is 3. The van der Waals surface area contributed by atoms with Crippen molar-refractivity contribution in [3.05, 3.63) is 24.3 Å². The van der Waals surface area contributed by atoms with Gasteiger partial charge in [0.15, 0.2) is 0 Å². The highest BCUT2D eigenvalue weighted by molar-refractivity contribution is 5.95. The van der Waals surface area contributed by atoms with E-state index in [1.165, 1.54) is 0 Å². The molecule has 0 aromatic rings. The summed E-state index contributed by atoms with van der Waals surface area (Å²) in [4.78, 5) is 35.3. The summed E-state index contributed by atoms with van der Waals surface area (Å²) in [6, 6.07) is 0. The van der Waals surface area contributed by atoms with Gasteiger partial charge in [-0.3, -0.25) is 4.79 Å². The fraction of sp³-hybridized carbons (Fsp3) is 0.588. The zero-order valence-electron chi connectivity index (χ0n) is 13.7. The zero-order valence-corrected chi connectivity index (χ0v) is 13.7. The lowest BCUT2D eigenvalue weighted by molar-refractivity contribution is -0.152. The maximum Gasteiger partial charge on any atom is 0.334 e. The van der Waals surface area contributed by atoms with E-state index in [0.29, 0.717) is 25.0 Å². The summed E-state index contributed by atoms with van der Waals surface area (Å²) >= 11 is 0. The van der Waals surface area contributed by atoms with Gasteiger partial charge in [0.05, 0.1) is 12.5 Å². The highest BCUT2D eigenvalue weighted by atomic mass is 16.6. The van der Waals surface area contributed by atoms with Gasteiger partial charge in [-0.1, -0.05) is 19.6 Å². The van der Waals surface area contributed by atoms with Gasteiger partial charge in [-0.15, -0.1) is 0 Å². The van der Waals surface area contributed by atoms with Crippen LogP contribution in [0, 0.1) is 11.8 Å². The lowest BCUT2D eigenvalue weighted by atomic mass is 9.82. The summed E-state index contributed by atoms with van der Waals surface area (Å²) < 4.78 is 20.0. The van der Waals surface area contributed by atoms with Crippen LogP contribution in [0.4, 0.5) is 0 Å². The Morgan fingerprint density at radius 1 is 1.29 bits per heavy atom. The van der Waals surface area contributed by atoms with Crippen molar-refractivity contribution in [1.29, 1.82) is 0 Å². The molecule has 132 valence electrons. The number of hydrogen-bond donors (Lipinski definition) is 0. The first kappa shape index (κ1) is 18.2. The molecule has 2 aliphatic rings. The van der Waals surface area contributed by atoms with Gasteiger partial charge in [-0.05, 0) is 18.8 Å². The smallest absolute Gasteiger partial charge is 0.334 e. The Labute approximate surface area is 140 Å². The molecular weight excluding hydrogens is 316 g/mol. The molecule has 1 saturated heterocycles. The van der Waals surface area contributed by atoms with Crippen molar-refractivity contribution in [2.45, 2.75) is 25.9 Å². The number of ether oxygens (including phenoxy) is 4. The Hall–Kier alpha value is -2.15. The topological polar surface area (TPSA) is 91.4 Å². The average Bonchev–Trinajstić information content (AvgIpc) is 3.40. The summed E-state index contributed by atoms with van der Waals surface area (Å²) in [5, 5.41) is 0. The number of hydrogen-bond acceptors (Lipinski definition) is 7. The number of allylic oxidation sites excluding steroid dienone is 1. The molecule has 0 amide bonds. The molecule has 0 aromatic carbocycles. The predicted molar refractivity (Wildman–Crippen MR) is 82.8 cm³/mol. The Kier molecular flexibility index (Phi) is 6.54. The van der Waals surface area contributed by atoms with E-state index in [1.807, 2.05) is 6.92 Å². The molecule has 7 heteroatoms. The van der Waals surface area contributed by atoms with Gasteiger partial charge in [-0.2, -0.15) is 0 Å². The summed E-state index contributed by atoms with van der Waals surface area (Å²) in [5.41, 5.74) is 0.310. The van der Waals surface area contributed by atoms with Crippen LogP contribution in [0.15, 0.2) is 24.3 Å². The fourth-order valence-corrected chi connectivity index (χ4v) is 2.40. The van der Waals surface area contributed by atoms with E-state index in [-0.39, 0.29) is 31.8 Å². The highest BCUT2D eigenvalue weighted by Gasteiger charge is 2.35. The minimum absolute atomic E-state index is 0.0195. The maximum absolute atomic E-state index is 12.2. The first-order valence-electron chi connectivity index (χ1n) is 7.95. The first-order valence-corrected chi connectivity index (χ1v) is 7.95. The van der Waals surface area contributed by atoms with Crippen molar-refractivity contribution in [2.24, 2.45) is 11.8 Å². The molecule has 1 aliphatic carbocycles. The third-order valence-electron chi connectivity index (χ3n) is 3.82. The normalized spacial score (nSPS) is 25.2. The van der Waals surface area contributed by atoms with E-state index in [4.69, 9.17) is 18.9 Å². The van der Waals surface area contributed by atoms with Crippen LogP contribution in [0.3, 0.4) is 0 Å². The molecule has 0 radical (unpaired) electrons. The van der Waals surface area contributed by atoms with Crippen LogP contribution >= 0.6 is 0 Å². The number of epoxide rings is 1. The van der Waals surface area contributed by atoms with Crippen molar-refractivity contribution >= 4 is 17.9 Å². The van der Waals surface area contributed by atoms with E-state index in [1.54, 1.807) is 6.08 Å². The quantitative estimate of drug-likeness (QED) is 0.216. The van der Waals surface area contributed by atoms with Crippen molar-refractivity contribution < 1.29 is 33.3 Å². The SMILES string of the molecule is C=CC(=O)OCCOC(=O)C1=CCC(C)CC1C(=O)OCC1CO1. The van der Waals surface area contributed by atoms with Gasteiger partial charge in [0.2, 0.25) is 0 Å². The lowest BCUT2D eigenvalue weighted by Gasteiger charge is -2.25. The van der Waals surface area contributed by atoms with Crippen molar-refractivity contribution in [3.8, 4) is 0 Å². The van der Waals surface area contributed by atoms with Gasteiger partial charge < -0.3 is 18.9 Å². The molecule has 0 aromatic heterocycles. The van der Waals surface area contributed by atoms with Gasteiger partial charge in [0.25, 0.3) is 0 Å². The predicted octanol–water partition coefficient (Wildman–Crippen LogP) is 1.17. The molecular formula is C17H22O7. The molecule has 0 spiro atoms. The molecule has 1 heterocycles. The Morgan fingerprint density at radius 2 is 2.00 bits per heavy atom. The zero-order chi connectivity index (χ0) is 17.5. The van der Waals surface area contributed by atoms with Crippen LogP contribution in [0.25, 0.3) is 0 Å². The molecule has 24 heavy (non-hydrogen) atoms. The first-order chi connectivity index (χ1) is 11.5. The number of carbonyl (C=O) groups is 3. The van der Waals surface area contributed by atoms with Crippen LogP contribution in [-0.4, -0.2) is 50.4 Å². The van der Waals surface area contributed by atoms with Crippen molar-refractivity contribution in [3.63, 3.8) is 0 Å². The molecule has 2 rings (SSSR count). The van der Waals surface area contributed by atoms with Gasteiger partial charge >= 0.3 is 17.9 Å². The van der Waals surface area contributed by atoms with Crippen LogP contribution in [0.5, 0.6) is 0 Å². The second-order valence-electron chi connectivity index (χ2n) is 5.88. The van der Waals surface area contributed by atoms with Gasteiger partial charge in [-0.25, -0.2) is 9.59 Å². The molecule has 0 N–H and O–H groups in total. The summed E-state index contributed by atoms with van der Waals surface area (Å²) in [5.74, 6) is -1.94. The molecule has 7 nitrogen and oxygen atoms in total. The minimum Gasteiger partial charge on any atom is -0.462 e. The summed E-state index contributed by atoms with van der Waals surface area (Å²) in [6.07, 6.45) is 3.98. The molecule has 3 atom stereocenters. The van der Waals surface area contributed by atoms with Crippen LogP contribution in [0.2, 0.25) is 0 Å². The molecule has 1 aliphatic heterocycles. The van der Waals surface area contributed by atoms with Crippen LogP contribution in [0.1, 0.15) is 19.8 Å². The fourth-order valence-electron chi connectivity index (χ4n) is 2.40. The molecule has 0 bridgehead atoms. The number of rotatable bonds is 8. The second-order valence-corrected chi connectivity index (χ2v) is 5.88. The number of carbonyl (C=O) groups excluding carboxylic acids is 3. The van der Waals surface area contributed by atoms with E-state index in [9.17, 15) is 14.4 Å². The van der Waals surface area contributed by atoms with Crippen LogP contribution < -0.4 is 0 Å². The Morgan fingerprint density at radius 3 is 2.67 bits per heavy atom. The standard InChI is InChI=1S/C17H22O7/c1-3-15(18)21-6-7-22-16(19)13-5-4-11(2)8-14(13)17(20)24-10-12-9-23-12/h3,5,11-12,14H,1,4,6-10H2,2H3. The summed E-state index contributed by atoms with van der Waals surface area (Å²) in [6.45, 7) is 5.95. The van der Waals surface area contributed by atoms with Gasteiger partial charge in [0, 0.05) is 11.6 Å².